The summed E-state index contributed by atoms with van der Waals surface area (Å²) in [5.74, 6) is 1.86. The lowest BCUT2D eigenvalue weighted by Crippen LogP contribution is -2.42. The van der Waals surface area contributed by atoms with E-state index in [2.05, 4.69) is 38.2 Å². The van der Waals surface area contributed by atoms with Gasteiger partial charge in [0.2, 0.25) is 5.91 Å². The number of aryl methyl sites for hydroxylation is 2. The smallest absolute Gasteiger partial charge is 0.237 e. The van der Waals surface area contributed by atoms with Crippen molar-refractivity contribution in [3.05, 3.63) is 17.6 Å². The van der Waals surface area contributed by atoms with E-state index in [1.54, 1.807) is 0 Å². The van der Waals surface area contributed by atoms with Crippen LogP contribution < -0.4 is 21.3 Å². The Morgan fingerprint density at radius 1 is 1.24 bits per heavy atom. The summed E-state index contributed by atoms with van der Waals surface area (Å²) in [6.07, 6.45) is 6.44. The minimum absolute atomic E-state index is 0. The molecule has 3 rings (SSSR count). The Morgan fingerprint density at radius 3 is 2.72 bits per heavy atom. The van der Waals surface area contributed by atoms with Gasteiger partial charge in [0.25, 0.3) is 0 Å². The third-order valence-corrected chi connectivity index (χ3v) is 5.73. The van der Waals surface area contributed by atoms with E-state index in [9.17, 15) is 4.79 Å². The second-order valence-electron chi connectivity index (χ2n) is 8.02. The van der Waals surface area contributed by atoms with Gasteiger partial charge in [0.15, 0.2) is 0 Å². The number of hydrogen-bond donors (Lipinski definition) is 4. The molecule has 1 amide bonds. The van der Waals surface area contributed by atoms with E-state index in [0.717, 1.165) is 62.7 Å². The first-order chi connectivity index (χ1) is 13.1. The first-order valence-corrected chi connectivity index (χ1v) is 10.4. The van der Waals surface area contributed by atoms with Gasteiger partial charge in [0.05, 0.1) is 6.04 Å². The molecule has 0 aromatic carbocycles. The minimum atomic E-state index is -0.0509. The summed E-state index contributed by atoms with van der Waals surface area (Å²) in [5, 5.41) is 13.2. The Bertz CT molecular complexity index is 639. The van der Waals surface area contributed by atoms with Crippen molar-refractivity contribution < 1.29 is 4.79 Å². The Kier molecular flexibility index (Phi) is 11.2. The summed E-state index contributed by atoms with van der Waals surface area (Å²) in [4.78, 5) is 21.5. The number of aromatic nitrogens is 2. The second-order valence-corrected chi connectivity index (χ2v) is 8.02. The van der Waals surface area contributed by atoms with E-state index in [1.165, 1.54) is 12.8 Å². The molecule has 2 saturated heterocycles. The van der Waals surface area contributed by atoms with Crippen LogP contribution in [0.5, 0.6) is 0 Å². The predicted octanol–water partition coefficient (Wildman–Crippen LogP) is 2.23. The van der Waals surface area contributed by atoms with E-state index >= 15 is 0 Å². The van der Waals surface area contributed by atoms with Crippen molar-refractivity contribution in [2.24, 2.45) is 5.41 Å². The van der Waals surface area contributed by atoms with Gasteiger partial charge in [-0.1, -0.05) is 13.3 Å². The lowest BCUT2D eigenvalue weighted by Gasteiger charge is -2.33. The van der Waals surface area contributed by atoms with Gasteiger partial charge in [-0.3, -0.25) is 4.79 Å². The fraction of sp³-hybridized carbons (Fsp3) is 0.750. The highest BCUT2D eigenvalue weighted by Gasteiger charge is 2.41. The highest BCUT2D eigenvalue weighted by Crippen LogP contribution is 2.37. The molecule has 2 aliphatic heterocycles. The van der Waals surface area contributed by atoms with Gasteiger partial charge in [0.1, 0.15) is 11.6 Å². The fourth-order valence-electron chi connectivity index (χ4n) is 4.11. The van der Waals surface area contributed by atoms with E-state index < -0.39 is 0 Å². The van der Waals surface area contributed by atoms with Crippen LogP contribution in [0, 0.1) is 12.3 Å². The first-order valence-electron chi connectivity index (χ1n) is 10.4. The van der Waals surface area contributed by atoms with Crippen molar-refractivity contribution in [1.82, 2.24) is 25.9 Å². The zero-order valence-electron chi connectivity index (χ0n) is 17.6. The molecule has 1 spiro atoms. The van der Waals surface area contributed by atoms with Gasteiger partial charge in [-0.2, -0.15) is 0 Å². The maximum Gasteiger partial charge on any atom is 0.237 e. The van der Waals surface area contributed by atoms with Crippen LogP contribution in [-0.2, 0) is 11.2 Å². The molecule has 1 aromatic rings. The molecule has 0 aliphatic carbocycles. The van der Waals surface area contributed by atoms with E-state index in [-0.39, 0.29) is 36.8 Å². The second kappa shape index (κ2) is 12.5. The highest BCUT2D eigenvalue weighted by atomic mass is 35.5. The molecule has 3 heterocycles. The molecule has 166 valence electrons. The predicted molar refractivity (Wildman–Crippen MR) is 122 cm³/mol. The normalized spacial score (nSPS) is 19.9. The summed E-state index contributed by atoms with van der Waals surface area (Å²) in [6, 6.07) is 1.90. The van der Waals surface area contributed by atoms with Gasteiger partial charge < -0.3 is 21.3 Å². The van der Waals surface area contributed by atoms with E-state index in [4.69, 9.17) is 0 Å². The number of unbranched alkanes of at least 4 members (excludes halogenated alkanes) is 1. The largest absolute Gasteiger partial charge is 0.368 e. The van der Waals surface area contributed by atoms with Gasteiger partial charge in [-0.05, 0) is 51.1 Å². The van der Waals surface area contributed by atoms with E-state index in [0.29, 0.717) is 18.5 Å². The molecule has 7 nitrogen and oxygen atoms in total. The summed E-state index contributed by atoms with van der Waals surface area (Å²) in [6.45, 7) is 8.52. The average molecular weight is 447 g/mol. The number of carbonyl (C=O) groups is 1. The number of amides is 1. The summed E-state index contributed by atoms with van der Waals surface area (Å²) < 4.78 is 0. The Labute approximate surface area is 186 Å². The third kappa shape index (κ3) is 7.55. The van der Waals surface area contributed by atoms with Crippen molar-refractivity contribution in [1.29, 1.82) is 0 Å². The number of nitrogens with zero attached hydrogens (tertiary/aromatic N) is 2. The van der Waals surface area contributed by atoms with Gasteiger partial charge in [-0.15, -0.1) is 24.8 Å². The number of hydrogen-bond acceptors (Lipinski definition) is 6. The topological polar surface area (TPSA) is 91.0 Å². The molecule has 0 radical (unpaired) electrons. The zero-order valence-corrected chi connectivity index (χ0v) is 19.2. The van der Waals surface area contributed by atoms with Crippen molar-refractivity contribution in [2.75, 3.05) is 38.0 Å². The Morgan fingerprint density at radius 2 is 2.00 bits per heavy atom. The van der Waals surface area contributed by atoms with Gasteiger partial charge in [0, 0.05) is 37.8 Å². The molecule has 2 fully saturated rings. The SMILES string of the molecule is CCCCc1nc(C)cc(NCCNC(=O)C2CC3(CCNCC3)CN2)n1.Cl.Cl. The van der Waals surface area contributed by atoms with Crippen LogP contribution in [0.1, 0.15) is 50.5 Å². The number of halogens is 2. The van der Waals surface area contributed by atoms with Crippen LogP contribution in [0.2, 0.25) is 0 Å². The fourth-order valence-corrected chi connectivity index (χ4v) is 4.11. The molecular weight excluding hydrogens is 411 g/mol. The first kappa shape index (κ1) is 25.9. The molecule has 1 atom stereocenters. The summed E-state index contributed by atoms with van der Waals surface area (Å²) in [7, 11) is 0. The van der Waals surface area contributed by atoms with Crippen molar-refractivity contribution in [3.8, 4) is 0 Å². The molecule has 0 bridgehead atoms. The molecule has 9 heteroatoms. The maximum absolute atomic E-state index is 12.5. The molecule has 0 saturated carbocycles. The van der Waals surface area contributed by atoms with Crippen LogP contribution in [0.25, 0.3) is 0 Å². The summed E-state index contributed by atoms with van der Waals surface area (Å²) in [5.41, 5.74) is 1.30. The summed E-state index contributed by atoms with van der Waals surface area (Å²) >= 11 is 0. The standard InChI is InChI=1S/C20H34N6O.2ClH/c1-3-4-5-17-25-15(2)12-18(26-17)22-10-11-23-19(27)16-13-20(14-24-16)6-8-21-9-7-20;;/h12,16,21,24H,3-11,13-14H2,1-2H3,(H,23,27)(H,22,25,26);2*1H. The number of nitrogens with one attached hydrogen (secondary N) is 4. The van der Waals surface area contributed by atoms with E-state index in [1.807, 2.05) is 13.0 Å². The molecule has 1 unspecified atom stereocenters. The van der Waals surface area contributed by atoms with Gasteiger partial charge in [-0.25, -0.2) is 9.97 Å². The van der Waals surface area contributed by atoms with Crippen molar-refractivity contribution in [2.45, 2.75) is 58.4 Å². The molecule has 29 heavy (non-hydrogen) atoms. The third-order valence-electron chi connectivity index (χ3n) is 5.73. The average Bonchev–Trinajstić information content (AvgIpc) is 3.07. The van der Waals surface area contributed by atoms with Crippen LogP contribution in [-0.4, -0.2) is 54.6 Å². The minimum Gasteiger partial charge on any atom is -0.368 e. The van der Waals surface area contributed by atoms with Crippen molar-refractivity contribution >= 4 is 36.5 Å². The van der Waals surface area contributed by atoms with Gasteiger partial charge >= 0.3 is 0 Å². The van der Waals surface area contributed by atoms with Crippen LogP contribution in [0.15, 0.2) is 6.07 Å². The zero-order chi connectivity index (χ0) is 19.1. The Hall–Kier alpha value is -1.15. The van der Waals surface area contributed by atoms with Crippen LogP contribution >= 0.6 is 24.8 Å². The number of piperidine rings is 1. The molecular formula is C20H36Cl2N6O. The monoisotopic (exact) mass is 446 g/mol. The molecule has 2 aliphatic rings. The lowest BCUT2D eigenvalue weighted by atomic mass is 9.77. The van der Waals surface area contributed by atoms with Crippen molar-refractivity contribution in [3.63, 3.8) is 0 Å². The molecule has 4 N–H and O–H groups in total. The molecule has 1 aromatic heterocycles. The lowest BCUT2D eigenvalue weighted by molar-refractivity contribution is -0.122. The quantitative estimate of drug-likeness (QED) is 0.457. The maximum atomic E-state index is 12.5. The number of rotatable bonds is 8. The Balaban J connectivity index is 0.00000210. The highest BCUT2D eigenvalue weighted by molar-refractivity contribution is 5.85. The van der Waals surface area contributed by atoms with Crippen LogP contribution in [0.4, 0.5) is 5.82 Å². The van der Waals surface area contributed by atoms with Crippen LogP contribution in [0.3, 0.4) is 0 Å². The number of carbonyl (C=O) groups excluding carboxylic acids is 1. The number of anilines is 1.